The van der Waals surface area contributed by atoms with Gasteiger partial charge in [-0.1, -0.05) is 26.8 Å². The van der Waals surface area contributed by atoms with E-state index in [1.807, 2.05) is 33.8 Å². The molecular formula is C15H20N4O2. The highest BCUT2D eigenvalue weighted by Crippen LogP contribution is 2.20. The molecule has 0 aliphatic rings. The molecule has 0 aliphatic heterocycles. The number of nitriles is 1. The Balaban J connectivity index is 2.94. The van der Waals surface area contributed by atoms with Gasteiger partial charge in [-0.2, -0.15) is 5.26 Å². The van der Waals surface area contributed by atoms with Gasteiger partial charge in [-0.3, -0.25) is 10.1 Å². The van der Waals surface area contributed by atoms with Crippen molar-refractivity contribution in [1.29, 1.82) is 5.26 Å². The first-order valence-corrected chi connectivity index (χ1v) is 6.61. The first kappa shape index (κ1) is 16.5. The predicted molar refractivity (Wildman–Crippen MR) is 81.9 cm³/mol. The molecule has 0 amide bonds. The molecule has 0 aliphatic carbocycles. The molecule has 1 atom stereocenters. The van der Waals surface area contributed by atoms with Crippen LogP contribution >= 0.6 is 0 Å². The quantitative estimate of drug-likeness (QED) is 0.641. The summed E-state index contributed by atoms with van der Waals surface area (Å²) in [6.07, 6.45) is 0.890. The molecule has 0 saturated carbocycles. The molecule has 0 unspecified atom stereocenters. The van der Waals surface area contributed by atoms with E-state index in [1.165, 1.54) is 0 Å². The van der Waals surface area contributed by atoms with Crippen molar-refractivity contribution in [1.82, 2.24) is 5.32 Å². The van der Waals surface area contributed by atoms with Crippen LogP contribution in [0.3, 0.4) is 0 Å². The number of anilines is 1. The number of nitrogens with one attached hydrogen (secondary N) is 2. The summed E-state index contributed by atoms with van der Waals surface area (Å²) in [5.74, 6) is 0.289. The van der Waals surface area contributed by atoms with Gasteiger partial charge in [0, 0.05) is 11.7 Å². The normalized spacial score (nSPS) is 13.2. The van der Waals surface area contributed by atoms with Crippen LogP contribution < -0.4 is 10.6 Å². The summed E-state index contributed by atoms with van der Waals surface area (Å²) in [6.45, 7) is 8.10. The Kier molecular flexibility index (Phi) is 5.30. The third kappa shape index (κ3) is 5.53. The maximum absolute atomic E-state index is 10.8. The first-order valence-electron chi connectivity index (χ1n) is 6.61. The van der Waals surface area contributed by atoms with Crippen LogP contribution in [-0.4, -0.2) is 11.0 Å². The van der Waals surface area contributed by atoms with Gasteiger partial charge in [0.25, 0.3) is 6.20 Å². The highest BCUT2D eigenvalue weighted by Gasteiger charge is 2.21. The fourth-order valence-corrected chi connectivity index (χ4v) is 1.48. The van der Waals surface area contributed by atoms with Crippen molar-refractivity contribution < 1.29 is 4.92 Å². The van der Waals surface area contributed by atoms with Gasteiger partial charge in [0.05, 0.1) is 16.6 Å². The van der Waals surface area contributed by atoms with Crippen LogP contribution in [0.15, 0.2) is 36.3 Å². The van der Waals surface area contributed by atoms with Gasteiger partial charge >= 0.3 is 0 Å². The van der Waals surface area contributed by atoms with Gasteiger partial charge in [-0.05, 0) is 30.5 Å². The van der Waals surface area contributed by atoms with Gasteiger partial charge in [0.2, 0.25) is 0 Å². The fraction of sp³-hybridized carbons (Fsp3) is 0.400. The molecule has 21 heavy (non-hydrogen) atoms. The second-order valence-corrected chi connectivity index (χ2v) is 5.88. The van der Waals surface area contributed by atoms with Gasteiger partial charge in [0.15, 0.2) is 5.82 Å². The van der Waals surface area contributed by atoms with Crippen molar-refractivity contribution in [2.75, 3.05) is 5.32 Å². The second-order valence-electron chi connectivity index (χ2n) is 5.88. The van der Waals surface area contributed by atoms with Gasteiger partial charge in [-0.25, -0.2) is 0 Å². The lowest BCUT2D eigenvalue weighted by Gasteiger charge is -2.29. The molecule has 0 fully saturated rings. The number of nitrogens with zero attached hydrogens (tertiary/aromatic N) is 2. The Hall–Kier alpha value is -2.55. The summed E-state index contributed by atoms with van der Waals surface area (Å²) in [5.41, 5.74) is 1.06. The third-order valence-electron chi connectivity index (χ3n) is 3.18. The van der Waals surface area contributed by atoms with Gasteiger partial charge in [0.1, 0.15) is 0 Å². The van der Waals surface area contributed by atoms with Crippen molar-refractivity contribution in [3.05, 3.63) is 52.0 Å². The molecule has 1 rings (SSSR count). The highest BCUT2D eigenvalue weighted by molar-refractivity contribution is 5.52. The van der Waals surface area contributed by atoms with E-state index in [0.717, 1.165) is 6.20 Å². The van der Waals surface area contributed by atoms with E-state index in [9.17, 15) is 10.1 Å². The van der Waals surface area contributed by atoms with E-state index in [2.05, 4.69) is 10.6 Å². The van der Waals surface area contributed by atoms with E-state index in [0.29, 0.717) is 11.3 Å². The largest absolute Gasteiger partial charge is 0.363 e. The molecule has 6 nitrogen and oxygen atoms in total. The number of benzene rings is 1. The maximum atomic E-state index is 10.8. The lowest BCUT2D eigenvalue weighted by atomic mass is 9.88. The molecule has 0 heterocycles. The Morgan fingerprint density at radius 2 is 2.14 bits per heavy atom. The summed E-state index contributed by atoms with van der Waals surface area (Å²) in [4.78, 5) is 10.2. The molecule has 1 aromatic rings. The lowest BCUT2D eigenvalue weighted by molar-refractivity contribution is -0.403. The minimum atomic E-state index is -0.515. The molecule has 0 aromatic heterocycles. The van der Waals surface area contributed by atoms with Crippen LogP contribution in [0.5, 0.6) is 0 Å². The minimum Gasteiger partial charge on any atom is -0.363 e. The van der Waals surface area contributed by atoms with E-state index >= 15 is 0 Å². The Labute approximate surface area is 124 Å². The zero-order valence-electron chi connectivity index (χ0n) is 12.7. The van der Waals surface area contributed by atoms with Gasteiger partial charge in [-0.15, -0.1) is 0 Å². The van der Waals surface area contributed by atoms with Crippen LogP contribution in [0.1, 0.15) is 33.3 Å². The standard InChI is InChI=1S/C15H20N4O2/c1-11(15(2,3)4)17-14(10-19(20)21)18-13-7-5-6-12(8-13)9-16/h5-8,10-11,17-18H,1-4H3/b14-10+/t11-/m0/s1. The van der Waals surface area contributed by atoms with Crippen molar-refractivity contribution in [2.45, 2.75) is 33.7 Å². The number of hydrogen-bond donors (Lipinski definition) is 2. The molecular weight excluding hydrogens is 268 g/mol. The summed E-state index contributed by atoms with van der Waals surface area (Å²) in [7, 11) is 0. The van der Waals surface area contributed by atoms with E-state index in [-0.39, 0.29) is 17.3 Å². The Morgan fingerprint density at radius 1 is 1.48 bits per heavy atom. The zero-order chi connectivity index (χ0) is 16.0. The molecule has 112 valence electrons. The zero-order valence-corrected chi connectivity index (χ0v) is 12.7. The third-order valence-corrected chi connectivity index (χ3v) is 3.18. The fourth-order valence-electron chi connectivity index (χ4n) is 1.48. The number of rotatable bonds is 5. The van der Waals surface area contributed by atoms with Crippen LogP contribution in [0, 0.1) is 26.9 Å². The van der Waals surface area contributed by atoms with Crippen LogP contribution in [0.2, 0.25) is 0 Å². The monoisotopic (exact) mass is 288 g/mol. The van der Waals surface area contributed by atoms with Crippen LogP contribution in [-0.2, 0) is 0 Å². The molecule has 6 heteroatoms. The molecule has 2 N–H and O–H groups in total. The number of nitro groups is 1. The van der Waals surface area contributed by atoms with Crippen LogP contribution in [0.4, 0.5) is 5.69 Å². The minimum absolute atomic E-state index is 0.0235. The summed E-state index contributed by atoms with van der Waals surface area (Å²) >= 11 is 0. The molecule has 0 spiro atoms. The van der Waals surface area contributed by atoms with E-state index in [1.54, 1.807) is 24.3 Å². The first-order chi connectivity index (χ1) is 9.72. The van der Waals surface area contributed by atoms with Crippen molar-refractivity contribution in [2.24, 2.45) is 5.41 Å². The Morgan fingerprint density at radius 3 is 2.67 bits per heavy atom. The Bertz CT molecular complexity index is 582. The van der Waals surface area contributed by atoms with E-state index in [4.69, 9.17) is 5.26 Å². The summed E-state index contributed by atoms with van der Waals surface area (Å²) in [6, 6.07) is 8.83. The average molecular weight is 288 g/mol. The SMILES string of the molecule is C[C@H](N/C(=C\[N+](=O)[O-])Nc1cccc(C#N)c1)C(C)(C)C. The summed E-state index contributed by atoms with van der Waals surface area (Å²) < 4.78 is 0. The van der Waals surface area contributed by atoms with E-state index < -0.39 is 4.92 Å². The predicted octanol–water partition coefficient (Wildman–Crippen LogP) is 3.07. The maximum Gasteiger partial charge on any atom is 0.274 e. The molecule has 0 bridgehead atoms. The lowest BCUT2D eigenvalue weighted by Crippen LogP contribution is -2.39. The van der Waals surface area contributed by atoms with Gasteiger partial charge < -0.3 is 10.6 Å². The number of hydrogen-bond acceptors (Lipinski definition) is 5. The molecule has 0 radical (unpaired) electrons. The average Bonchev–Trinajstić information content (AvgIpc) is 2.37. The van der Waals surface area contributed by atoms with Crippen LogP contribution in [0.25, 0.3) is 0 Å². The second kappa shape index (κ2) is 6.75. The smallest absolute Gasteiger partial charge is 0.274 e. The van der Waals surface area contributed by atoms with Crippen molar-refractivity contribution in [3.63, 3.8) is 0 Å². The molecule has 0 saturated heterocycles. The molecule has 1 aromatic carbocycles. The van der Waals surface area contributed by atoms with Crippen molar-refractivity contribution in [3.8, 4) is 6.07 Å². The highest BCUT2D eigenvalue weighted by atomic mass is 16.6. The topological polar surface area (TPSA) is 91.0 Å². The summed E-state index contributed by atoms with van der Waals surface area (Å²) in [5, 5.41) is 25.7. The van der Waals surface area contributed by atoms with Crippen molar-refractivity contribution >= 4 is 5.69 Å².